The Morgan fingerprint density at radius 1 is 1.24 bits per heavy atom. The molecular weight excluding hydrogens is 364 g/mol. The predicted octanol–water partition coefficient (Wildman–Crippen LogP) is 3.18. The van der Waals surface area contributed by atoms with Crippen LogP contribution in [-0.4, -0.2) is 34.3 Å². The van der Waals surface area contributed by atoms with Gasteiger partial charge in [0.25, 0.3) is 0 Å². The van der Waals surface area contributed by atoms with Crippen LogP contribution in [0.5, 0.6) is 0 Å². The van der Waals surface area contributed by atoms with Gasteiger partial charge in [-0.25, -0.2) is 4.79 Å². The number of amides is 1. The molecule has 0 saturated carbocycles. The number of carbonyl (C=O) groups excluding carboxylic acids is 2. The molecule has 0 spiro atoms. The van der Waals surface area contributed by atoms with Gasteiger partial charge in [-0.1, -0.05) is 17.7 Å². The molecule has 25 heavy (non-hydrogen) atoms. The van der Waals surface area contributed by atoms with Crippen molar-refractivity contribution in [2.75, 3.05) is 24.3 Å². The van der Waals surface area contributed by atoms with Gasteiger partial charge in [0.1, 0.15) is 11.0 Å². The number of esters is 1. The fourth-order valence-corrected chi connectivity index (χ4v) is 2.93. The van der Waals surface area contributed by atoms with Gasteiger partial charge in [0, 0.05) is 5.69 Å². The Hall–Kier alpha value is -2.71. The third kappa shape index (κ3) is 3.86. The number of nitrogens with one attached hydrogen (secondary N) is 2. The minimum absolute atomic E-state index is 0.0101. The summed E-state index contributed by atoms with van der Waals surface area (Å²) in [4.78, 5) is 23.8. The Balaban J connectivity index is 1.66. The number of aromatic nitrogens is 2. The molecule has 2 aromatic carbocycles. The van der Waals surface area contributed by atoms with Gasteiger partial charge in [-0.3, -0.25) is 4.79 Å². The predicted molar refractivity (Wildman–Crippen MR) is 97.3 cm³/mol. The Bertz CT molecular complexity index is 944. The molecule has 1 amide bonds. The summed E-state index contributed by atoms with van der Waals surface area (Å²) in [7, 11) is 1.28. The number of nitrogens with zero attached hydrogens (tertiary/aromatic N) is 2. The molecule has 0 atom stereocenters. The van der Waals surface area contributed by atoms with Crippen molar-refractivity contribution in [3.8, 4) is 0 Å². The van der Waals surface area contributed by atoms with Crippen molar-refractivity contribution < 1.29 is 14.3 Å². The molecule has 0 aliphatic heterocycles. The molecule has 0 aliphatic carbocycles. The van der Waals surface area contributed by atoms with Crippen LogP contribution in [0.2, 0.25) is 5.02 Å². The minimum atomic E-state index is -0.541. The molecule has 1 aromatic heterocycles. The number of hydrogen-bond donors (Lipinski definition) is 2. The molecule has 0 unspecified atom stereocenters. The van der Waals surface area contributed by atoms with Crippen LogP contribution in [0.4, 0.5) is 11.4 Å². The van der Waals surface area contributed by atoms with E-state index in [0.717, 1.165) is 17.2 Å². The van der Waals surface area contributed by atoms with Crippen LogP contribution in [0.1, 0.15) is 10.4 Å². The standard InChI is InChI=1S/C16H13ClN4O3S/c1-24-16(23)10-7-9(5-6-11(10)17)18-8-14(22)19-12-3-2-4-13-15(12)21-25-20-13/h2-7,18H,8H2,1H3,(H,19,22). The van der Waals surface area contributed by atoms with Crippen LogP contribution in [0.25, 0.3) is 11.0 Å². The highest BCUT2D eigenvalue weighted by molar-refractivity contribution is 7.00. The lowest BCUT2D eigenvalue weighted by atomic mass is 10.2. The van der Waals surface area contributed by atoms with Gasteiger partial charge in [0.05, 0.1) is 41.7 Å². The SMILES string of the molecule is COC(=O)c1cc(NCC(=O)Nc2cccc3nsnc23)ccc1Cl. The van der Waals surface area contributed by atoms with Gasteiger partial charge < -0.3 is 15.4 Å². The normalized spacial score (nSPS) is 10.5. The van der Waals surface area contributed by atoms with E-state index < -0.39 is 5.97 Å². The summed E-state index contributed by atoms with van der Waals surface area (Å²) in [6.07, 6.45) is 0. The van der Waals surface area contributed by atoms with E-state index in [1.54, 1.807) is 24.3 Å². The van der Waals surface area contributed by atoms with E-state index in [2.05, 4.69) is 24.1 Å². The summed E-state index contributed by atoms with van der Waals surface area (Å²) >= 11 is 7.05. The lowest BCUT2D eigenvalue weighted by molar-refractivity contribution is -0.114. The van der Waals surface area contributed by atoms with E-state index in [0.29, 0.717) is 16.9 Å². The topological polar surface area (TPSA) is 93.2 Å². The number of anilines is 2. The summed E-state index contributed by atoms with van der Waals surface area (Å²) < 4.78 is 13.0. The van der Waals surface area contributed by atoms with E-state index in [9.17, 15) is 9.59 Å². The minimum Gasteiger partial charge on any atom is -0.465 e. The number of methoxy groups -OCH3 is 1. The lowest BCUT2D eigenvalue weighted by Gasteiger charge is -2.10. The van der Waals surface area contributed by atoms with E-state index in [1.165, 1.54) is 13.2 Å². The Kier molecular flexibility index (Phi) is 5.11. The van der Waals surface area contributed by atoms with Crippen molar-refractivity contribution in [1.29, 1.82) is 0 Å². The van der Waals surface area contributed by atoms with Crippen LogP contribution in [0, 0.1) is 0 Å². The van der Waals surface area contributed by atoms with Gasteiger partial charge in [0.15, 0.2) is 0 Å². The van der Waals surface area contributed by atoms with Crippen LogP contribution < -0.4 is 10.6 Å². The molecular formula is C16H13ClN4O3S. The molecule has 2 N–H and O–H groups in total. The highest BCUT2D eigenvalue weighted by Gasteiger charge is 2.12. The number of ether oxygens (including phenoxy) is 1. The third-order valence-corrected chi connectivity index (χ3v) is 4.26. The zero-order valence-corrected chi connectivity index (χ0v) is 14.6. The zero-order chi connectivity index (χ0) is 17.8. The molecule has 0 aliphatic rings. The Morgan fingerprint density at radius 2 is 2.08 bits per heavy atom. The first kappa shape index (κ1) is 17.1. The molecule has 0 radical (unpaired) electrons. The van der Waals surface area contributed by atoms with Gasteiger partial charge in [-0.05, 0) is 30.3 Å². The Morgan fingerprint density at radius 3 is 2.88 bits per heavy atom. The molecule has 0 fully saturated rings. The first-order valence-electron chi connectivity index (χ1n) is 7.21. The van der Waals surface area contributed by atoms with Crippen molar-refractivity contribution >= 4 is 57.6 Å². The van der Waals surface area contributed by atoms with Crippen molar-refractivity contribution in [3.05, 3.63) is 47.0 Å². The summed E-state index contributed by atoms with van der Waals surface area (Å²) in [5, 5.41) is 6.01. The molecule has 7 nitrogen and oxygen atoms in total. The molecule has 0 bridgehead atoms. The number of halogens is 1. The summed E-state index contributed by atoms with van der Waals surface area (Å²) in [6.45, 7) is 0.0101. The average molecular weight is 377 g/mol. The maximum absolute atomic E-state index is 12.2. The second-order valence-corrected chi connectivity index (χ2v) is 5.96. The van der Waals surface area contributed by atoms with Crippen LogP contribution in [-0.2, 0) is 9.53 Å². The maximum atomic E-state index is 12.2. The van der Waals surface area contributed by atoms with Crippen molar-refractivity contribution in [2.45, 2.75) is 0 Å². The molecule has 128 valence electrons. The average Bonchev–Trinajstić information content (AvgIpc) is 3.10. The van der Waals surface area contributed by atoms with Gasteiger partial charge >= 0.3 is 5.97 Å². The van der Waals surface area contributed by atoms with Gasteiger partial charge in [-0.15, -0.1) is 0 Å². The highest BCUT2D eigenvalue weighted by Crippen LogP contribution is 2.22. The van der Waals surface area contributed by atoms with Crippen LogP contribution in [0.15, 0.2) is 36.4 Å². The fourth-order valence-electron chi connectivity index (χ4n) is 2.19. The number of rotatable bonds is 5. The number of hydrogen-bond acceptors (Lipinski definition) is 7. The second kappa shape index (κ2) is 7.45. The van der Waals surface area contributed by atoms with Crippen molar-refractivity contribution in [1.82, 2.24) is 8.75 Å². The van der Waals surface area contributed by atoms with E-state index >= 15 is 0 Å². The number of benzene rings is 2. The summed E-state index contributed by atoms with van der Waals surface area (Å²) in [5.41, 5.74) is 2.79. The quantitative estimate of drug-likeness (QED) is 0.664. The smallest absolute Gasteiger partial charge is 0.339 e. The molecule has 3 aromatic rings. The largest absolute Gasteiger partial charge is 0.465 e. The Labute approximate surface area is 152 Å². The summed E-state index contributed by atoms with van der Waals surface area (Å²) in [6, 6.07) is 10.2. The fraction of sp³-hybridized carbons (Fsp3) is 0.125. The van der Waals surface area contributed by atoms with Gasteiger partial charge in [0.2, 0.25) is 5.91 Å². The number of carbonyl (C=O) groups is 2. The second-order valence-electron chi connectivity index (χ2n) is 5.03. The maximum Gasteiger partial charge on any atom is 0.339 e. The molecule has 3 rings (SSSR count). The number of fused-ring (bicyclic) bond motifs is 1. The van der Waals surface area contributed by atoms with Crippen molar-refractivity contribution in [2.24, 2.45) is 0 Å². The van der Waals surface area contributed by atoms with Crippen LogP contribution in [0.3, 0.4) is 0 Å². The van der Waals surface area contributed by atoms with E-state index in [1.807, 2.05) is 6.07 Å². The molecule has 9 heteroatoms. The van der Waals surface area contributed by atoms with E-state index in [4.69, 9.17) is 11.6 Å². The van der Waals surface area contributed by atoms with Crippen LogP contribution >= 0.6 is 23.3 Å². The highest BCUT2D eigenvalue weighted by atomic mass is 35.5. The van der Waals surface area contributed by atoms with E-state index in [-0.39, 0.29) is 23.0 Å². The first-order valence-corrected chi connectivity index (χ1v) is 8.32. The molecule has 0 saturated heterocycles. The summed E-state index contributed by atoms with van der Waals surface area (Å²) in [5.74, 6) is -0.795. The first-order chi connectivity index (χ1) is 12.1. The molecule has 1 heterocycles. The monoisotopic (exact) mass is 376 g/mol. The lowest BCUT2D eigenvalue weighted by Crippen LogP contribution is -2.22. The van der Waals surface area contributed by atoms with Gasteiger partial charge in [-0.2, -0.15) is 8.75 Å². The zero-order valence-electron chi connectivity index (χ0n) is 13.1. The third-order valence-electron chi connectivity index (χ3n) is 3.38. The van der Waals surface area contributed by atoms with Crippen molar-refractivity contribution in [3.63, 3.8) is 0 Å².